The first-order valence-corrected chi connectivity index (χ1v) is 9.71. The van der Waals surface area contributed by atoms with Crippen molar-refractivity contribution in [3.05, 3.63) is 59.5 Å². The van der Waals surface area contributed by atoms with Gasteiger partial charge in [-0.3, -0.25) is 9.69 Å². The standard InChI is InChI=1S/C22H25N3O4/c1-15-12-19(16(2)28-15)22(26)25-10-8-24(9-11-25)14-21-23-13-20(29-21)17-4-6-18(27-3)7-5-17/h4-7,12-13H,8-11,14H2,1-3H3. The van der Waals surface area contributed by atoms with Gasteiger partial charge in [0.05, 0.1) is 25.4 Å². The van der Waals surface area contributed by atoms with Crippen LogP contribution in [0, 0.1) is 13.8 Å². The van der Waals surface area contributed by atoms with E-state index in [1.54, 1.807) is 13.3 Å². The highest BCUT2D eigenvalue weighted by atomic mass is 16.5. The molecule has 29 heavy (non-hydrogen) atoms. The van der Waals surface area contributed by atoms with Crippen LogP contribution in [0.4, 0.5) is 0 Å². The first-order valence-electron chi connectivity index (χ1n) is 9.71. The van der Waals surface area contributed by atoms with Crippen LogP contribution in [-0.2, 0) is 6.54 Å². The molecule has 1 aliphatic heterocycles. The van der Waals surface area contributed by atoms with Gasteiger partial charge >= 0.3 is 0 Å². The van der Waals surface area contributed by atoms with Gasteiger partial charge < -0.3 is 18.5 Å². The third kappa shape index (κ3) is 4.19. The second-order valence-electron chi connectivity index (χ2n) is 7.24. The summed E-state index contributed by atoms with van der Waals surface area (Å²) in [6, 6.07) is 9.52. The molecule has 0 spiro atoms. The second-order valence-corrected chi connectivity index (χ2v) is 7.24. The number of furan rings is 1. The van der Waals surface area contributed by atoms with Crippen LogP contribution in [0.2, 0.25) is 0 Å². The molecule has 152 valence electrons. The van der Waals surface area contributed by atoms with Gasteiger partial charge in [-0.15, -0.1) is 0 Å². The molecule has 7 nitrogen and oxygen atoms in total. The lowest BCUT2D eigenvalue weighted by molar-refractivity contribution is 0.0616. The van der Waals surface area contributed by atoms with Crippen molar-refractivity contribution in [1.29, 1.82) is 0 Å². The maximum absolute atomic E-state index is 12.7. The number of nitrogens with zero attached hydrogens (tertiary/aromatic N) is 3. The number of ether oxygens (including phenoxy) is 1. The third-order valence-corrected chi connectivity index (χ3v) is 5.22. The van der Waals surface area contributed by atoms with Crippen LogP contribution in [0.25, 0.3) is 11.3 Å². The van der Waals surface area contributed by atoms with Crippen molar-refractivity contribution < 1.29 is 18.4 Å². The van der Waals surface area contributed by atoms with Crippen LogP contribution >= 0.6 is 0 Å². The number of piperazine rings is 1. The molecular weight excluding hydrogens is 370 g/mol. The average Bonchev–Trinajstić information content (AvgIpc) is 3.34. The Morgan fingerprint density at radius 2 is 1.83 bits per heavy atom. The van der Waals surface area contributed by atoms with E-state index in [0.29, 0.717) is 36.8 Å². The van der Waals surface area contributed by atoms with Crippen molar-refractivity contribution in [2.24, 2.45) is 0 Å². The van der Waals surface area contributed by atoms with Crippen LogP contribution < -0.4 is 4.74 Å². The minimum atomic E-state index is 0.0388. The van der Waals surface area contributed by atoms with Crippen molar-refractivity contribution in [2.45, 2.75) is 20.4 Å². The van der Waals surface area contributed by atoms with Gasteiger partial charge in [-0.25, -0.2) is 4.98 Å². The van der Waals surface area contributed by atoms with Gasteiger partial charge in [0.1, 0.15) is 17.3 Å². The molecule has 4 rings (SSSR count). The number of hydrogen-bond acceptors (Lipinski definition) is 6. The maximum Gasteiger partial charge on any atom is 0.257 e. The molecule has 1 fully saturated rings. The summed E-state index contributed by atoms with van der Waals surface area (Å²) in [5.74, 6) is 3.71. The Bertz CT molecular complexity index is 982. The summed E-state index contributed by atoms with van der Waals surface area (Å²) in [4.78, 5) is 21.3. The Labute approximate surface area is 169 Å². The van der Waals surface area contributed by atoms with E-state index in [9.17, 15) is 4.79 Å². The number of carbonyl (C=O) groups is 1. The molecule has 0 bridgehead atoms. The van der Waals surface area contributed by atoms with E-state index < -0.39 is 0 Å². The molecule has 3 aromatic rings. The first-order chi connectivity index (χ1) is 14.0. The summed E-state index contributed by atoms with van der Waals surface area (Å²) < 4.78 is 16.6. The predicted octanol–water partition coefficient (Wildman–Crippen LogP) is 3.52. The van der Waals surface area contributed by atoms with Gasteiger partial charge in [-0.05, 0) is 44.2 Å². The van der Waals surface area contributed by atoms with E-state index in [-0.39, 0.29) is 5.91 Å². The highest BCUT2D eigenvalue weighted by Crippen LogP contribution is 2.24. The van der Waals surface area contributed by atoms with Crippen LogP contribution in [0.15, 0.2) is 45.4 Å². The summed E-state index contributed by atoms with van der Waals surface area (Å²) >= 11 is 0. The zero-order chi connectivity index (χ0) is 20.4. The molecule has 2 aromatic heterocycles. The first kappa shape index (κ1) is 19.3. The molecule has 3 heterocycles. The summed E-state index contributed by atoms with van der Waals surface area (Å²) in [5, 5.41) is 0. The number of oxazole rings is 1. The zero-order valence-electron chi connectivity index (χ0n) is 17.0. The van der Waals surface area contributed by atoms with Crippen LogP contribution in [0.3, 0.4) is 0 Å². The SMILES string of the molecule is COc1ccc(-c2cnc(CN3CCN(C(=O)c4cc(C)oc4C)CC3)o2)cc1. The van der Waals surface area contributed by atoms with E-state index in [1.165, 1.54) is 0 Å². The van der Waals surface area contributed by atoms with Crippen LogP contribution in [0.5, 0.6) is 5.75 Å². The van der Waals surface area contributed by atoms with E-state index in [0.717, 1.165) is 35.9 Å². The number of benzene rings is 1. The largest absolute Gasteiger partial charge is 0.497 e. The van der Waals surface area contributed by atoms with Gasteiger partial charge in [-0.2, -0.15) is 0 Å². The van der Waals surface area contributed by atoms with E-state index >= 15 is 0 Å². The molecule has 0 unspecified atom stereocenters. The lowest BCUT2D eigenvalue weighted by Crippen LogP contribution is -2.48. The van der Waals surface area contributed by atoms with Crippen molar-refractivity contribution in [2.75, 3.05) is 33.3 Å². The number of rotatable bonds is 5. The monoisotopic (exact) mass is 395 g/mol. The molecule has 1 aromatic carbocycles. The topological polar surface area (TPSA) is 72.0 Å². The molecule has 1 saturated heterocycles. The Hall–Kier alpha value is -3.06. The van der Waals surface area contributed by atoms with Crippen molar-refractivity contribution >= 4 is 5.91 Å². The molecular formula is C22H25N3O4. The Balaban J connectivity index is 1.33. The van der Waals surface area contributed by atoms with Crippen molar-refractivity contribution in [3.8, 4) is 17.1 Å². The minimum absolute atomic E-state index is 0.0388. The van der Waals surface area contributed by atoms with E-state index in [4.69, 9.17) is 13.6 Å². The summed E-state index contributed by atoms with van der Waals surface area (Å²) in [5.41, 5.74) is 1.62. The van der Waals surface area contributed by atoms with Crippen molar-refractivity contribution in [3.63, 3.8) is 0 Å². The number of methoxy groups -OCH3 is 1. The molecule has 7 heteroatoms. The Morgan fingerprint density at radius 1 is 1.10 bits per heavy atom. The van der Waals surface area contributed by atoms with Crippen molar-refractivity contribution in [1.82, 2.24) is 14.8 Å². The lowest BCUT2D eigenvalue weighted by Gasteiger charge is -2.33. The van der Waals surface area contributed by atoms with E-state index in [1.807, 2.05) is 49.1 Å². The molecule has 0 N–H and O–H groups in total. The number of aromatic nitrogens is 1. The normalized spacial score (nSPS) is 14.9. The molecule has 1 amide bonds. The lowest BCUT2D eigenvalue weighted by atomic mass is 10.2. The van der Waals surface area contributed by atoms with Crippen LogP contribution in [0.1, 0.15) is 27.8 Å². The number of hydrogen-bond donors (Lipinski definition) is 0. The average molecular weight is 395 g/mol. The smallest absolute Gasteiger partial charge is 0.257 e. The number of aryl methyl sites for hydroxylation is 2. The summed E-state index contributed by atoms with van der Waals surface area (Å²) in [6.07, 6.45) is 1.75. The minimum Gasteiger partial charge on any atom is -0.497 e. The van der Waals surface area contributed by atoms with Gasteiger partial charge in [0.15, 0.2) is 5.76 Å². The fourth-order valence-corrected chi connectivity index (χ4v) is 3.59. The fraction of sp³-hybridized carbons (Fsp3) is 0.364. The maximum atomic E-state index is 12.7. The summed E-state index contributed by atoms with van der Waals surface area (Å²) in [6.45, 7) is 7.23. The second kappa shape index (κ2) is 8.13. The molecule has 0 radical (unpaired) electrons. The van der Waals surface area contributed by atoms with Gasteiger partial charge in [-0.1, -0.05) is 0 Å². The van der Waals surface area contributed by atoms with Gasteiger partial charge in [0.25, 0.3) is 5.91 Å². The highest BCUT2D eigenvalue weighted by molar-refractivity contribution is 5.95. The highest BCUT2D eigenvalue weighted by Gasteiger charge is 2.25. The molecule has 1 aliphatic rings. The number of amides is 1. The molecule has 0 saturated carbocycles. The third-order valence-electron chi connectivity index (χ3n) is 5.22. The van der Waals surface area contributed by atoms with Gasteiger partial charge in [0, 0.05) is 31.7 Å². The Kier molecular flexibility index (Phi) is 5.40. The number of carbonyl (C=O) groups excluding carboxylic acids is 1. The fourth-order valence-electron chi connectivity index (χ4n) is 3.59. The molecule has 0 aliphatic carbocycles. The quantitative estimate of drug-likeness (QED) is 0.658. The Morgan fingerprint density at radius 3 is 2.45 bits per heavy atom. The van der Waals surface area contributed by atoms with Gasteiger partial charge in [0.2, 0.25) is 5.89 Å². The van der Waals surface area contributed by atoms with Crippen LogP contribution in [-0.4, -0.2) is 54.0 Å². The van der Waals surface area contributed by atoms with E-state index in [2.05, 4.69) is 9.88 Å². The predicted molar refractivity (Wildman–Crippen MR) is 108 cm³/mol. The summed E-state index contributed by atoms with van der Waals surface area (Å²) in [7, 11) is 1.65. The molecule has 0 atom stereocenters. The zero-order valence-corrected chi connectivity index (χ0v) is 17.0.